The molecule has 0 radical (unpaired) electrons. The van der Waals surface area contributed by atoms with Crippen molar-refractivity contribution in [2.75, 3.05) is 26.2 Å². The Morgan fingerprint density at radius 1 is 1.50 bits per heavy atom. The number of alkyl halides is 1. The average molecular weight is 203 g/mol. The highest BCUT2D eigenvalue weighted by Gasteiger charge is 2.36. The topological polar surface area (TPSA) is 53.2 Å². The number of hydrogen-bond donors (Lipinski definition) is 3. The summed E-state index contributed by atoms with van der Waals surface area (Å²) in [5.74, 6) is 0. The van der Waals surface area contributed by atoms with Crippen LogP contribution in [-0.2, 0) is 0 Å². The zero-order valence-corrected chi connectivity index (χ0v) is 8.53. The van der Waals surface area contributed by atoms with E-state index in [0.717, 1.165) is 12.8 Å². The fourth-order valence-electron chi connectivity index (χ4n) is 1.20. The van der Waals surface area contributed by atoms with Gasteiger partial charge in [0.2, 0.25) is 0 Å². The van der Waals surface area contributed by atoms with Gasteiger partial charge in [0.15, 0.2) is 5.67 Å². The summed E-state index contributed by atoms with van der Waals surface area (Å²) < 4.78 is 13.4. The second-order valence-electron chi connectivity index (χ2n) is 3.72. The molecule has 1 fully saturated rings. The van der Waals surface area contributed by atoms with Crippen LogP contribution in [0.5, 0.6) is 0 Å². The zero-order chi connectivity index (χ0) is 10.4. The van der Waals surface area contributed by atoms with Gasteiger partial charge in [-0.05, 0) is 6.42 Å². The minimum atomic E-state index is -1.23. The molecule has 3 N–H and O–H groups in total. The number of carbonyl (C=O) groups is 1. The Morgan fingerprint density at radius 3 is 2.71 bits per heavy atom. The van der Waals surface area contributed by atoms with Crippen LogP contribution in [0.3, 0.4) is 0 Å². The molecule has 0 spiro atoms. The lowest BCUT2D eigenvalue weighted by molar-refractivity contribution is 0.0919. The predicted octanol–water partition coefficient (Wildman–Crippen LogP) is 0.397. The van der Waals surface area contributed by atoms with E-state index in [4.69, 9.17) is 0 Å². The van der Waals surface area contributed by atoms with E-state index in [2.05, 4.69) is 22.9 Å². The Balaban J connectivity index is 2.03. The van der Waals surface area contributed by atoms with E-state index in [1.807, 2.05) is 0 Å². The van der Waals surface area contributed by atoms with Gasteiger partial charge in [0.1, 0.15) is 0 Å². The van der Waals surface area contributed by atoms with Crippen molar-refractivity contribution < 1.29 is 9.18 Å². The van der Waals surface area contributed by atoms with Crippen molar-refractivity contribution in [2.24, 2.45) is 0 Å². The molecule has 5 heteroatoms. The van der Waals surface area contributed by atoms with Gasteiger partial charge in [-0.2, -0.15) is 0 Å². The number of halogens is 1. The smallest absolute Gasteiger partial charge is 0.314 e. The highest BCUT2D eigenvalue weighted by Crippen LogP contribution is 2.14. The van der Waals surface area contributed by atoms with Crippen LogP contribution in [0.25, 0.3) is 0 Å². The molecule has 0 aromatic carbocycles. The third-order valence-electron chi connectivity index (χ3n) is 2.27. The lowest BCUT2D eigenvalue weighted by atomic mass is 10.00. The summed E-state index contributed by atoms with van der Waals surface area (Å²) >= 11 is 0. The van der Waals surface area contributed by atoms with Gasteiger partial charge in [0.05, 0.1) is 6.54 Å². The average Bonchev–Trinajstić information content (AvgIpc) is 2.12. The Hall–Kier alpha value is -0.840. The summed E-state index contributed by atoms with van der Waals surface area (Å²) in [5.41, 5.74) is -1.23. The van der Waals surface area contributed by atoms with E-state index >= 15 is 0 Å². The van der Waals surface area contributed by atoms with E-state index in [-0.39, 0.29) is 12.6 Å². The van der Waals surface area contributed by atoms with E-state index in [1.54, 1.807) is 0 Å². The molecule has 14 heavy (non-hydrogen) atoms. The maximum atomic E-state index is 13.4. The lowest BCUT2D eigenvalue weighted by Gasteiger charge is -2.34. The van der Waals surface area contributed by atoms with Gasteiger partial charge in [-0.25, -0.2) is 9.18 Å². The number of nitrogens with one attached hydrogen (secondary N) is 3. The summed E-state index contributed by atoms with van der Waals surface area (Å²) in [4.78, 5) is 11.1. The summed E-state index contributed by atoms with van der Waals surface area (Å²) in [6.45, 7) is 3.47. The maximum Gasteiger partial charge on any atom is 0.314 e. The minimum Gasteiger partial charge on any atom is -0.338 e. The molecule has 0 aliphatic carbocycles. The molecular weight excluding hydrogens is 185 g/mol. The van der Waals surface area contributed by atoms with Gasteiger partial charge >= 0.3 is 6.03 Å². The first-order valence-electron chi connectivity index (χ1n) is 5.08. The number of rotatable bonds is 5. The first-order valence-corrected chi connectivity index (χ1v) is 5.08. The Morgan fingerprint density at radius 2 is 2.21 bits per heavy atom. The Bertz CT molecular complexity index is 194. The lowest BCUT2D eigenvalue weighted by Crippen LogP contribution is -2.62. The van der Waals surface area contributed by atoms with Gasteiger partial charge in [0, 0.05) is 19.6 Å². The van der Waals surface area contributed by atoms with Crippen molar-refractivity contribution in [3.8, 4) is 0 Å². The molecule has 2 amide bonds. The first-order chi connectivity index (χ1) is 6.66. The maximum absolute atomic E-state index is 13.4. The van der Waals surface area contributed by atoms with Crippen LogP contribution in [0.2, 0.25) is 0 Å². The predicted molar refractivity (Wildman–Crippen MR) is 53.0 cm³/mol. The van der Waals surface area contributed by atoms with Crippen molar-refractivity contribution in [3.05, 3.63) is 0 Å². The molecule has 0 bridgehead atoms. The number of hydrogen-bond acceptors (Lipinski definition) is 2. The summed E-state index contributed by atoms with van der Waals surface area (Å²) in [6.07, 6.45) is 1.99. The normalized spacial score (nSPS) is 18.4. The number of urea groups is 1. The molecule has 0 saturated carbocycles. The molecule has 0 aromatic rings. The van der Waals surface area contributed by atoms with Gasteiger partial charge in [-0.3, -0.25) is 0 Å². The molecule has 82 valence electrons. The van der Waals surface area contributed by atoms with Gasteiger partial charge < -0.3 is 16.0 Å². The van der Waals surface area contributed by atoms with Crippen molar-refractivity contribution in [2.45, 2.75) is 25.4 Å². The number of carbonyl (C=O) groups excluding carboxylic acids is 1. The highest BCUT2D eigenvalue weighted by molar-refractivity contribution is 5.73. The van der Waals surface area contributed by atoms with E-state index in [0.29, 0.717) is 19.6 Å². The monoisotopic (exact) mass is 203 g/mol. The molecule has 1 saturated heterocycles. The van der Waals surface area contributed by atoms with Crippen LogP contribution in [0.4, 0.5) is 9.18 Å². The van der Waals surface area contributed by atoms with Crippen molar-refractivity contribution in [3.63, 3.8) is 0 Å². The molecule has 4 nitrogen and oxygen atoms in total. The Labute approximate surface area is 83.6 Å². The first kappa shape index (κ1) is 11.2. The van der Waals surface area contributed by atoms with Crippen LogP contribution >= 0.6 is 0 Å². The second-order valence-corrected chi connectivity index (χ2v) is 3.72. The van der Waals surface area contributed by atoms with Crippen LogP contribution in [-0.4, -0.2) is 37.9 Å². The second kappa shape index (κ2) is 5.14. The molecule has 1 heterocycles. The largest absolute Gasteiger partial charge is 0.338 e. The fraction of sp³-hybridized carbons (Fsp3) is 0.889. The molecular formula is C9H18FN3O. The van der Waals surface area contributed by atoms with E-state index in [9.17, 15) is 9.18 Å². The SMILES string of the molecule is CCCCNC(=O)NCC1(F)CNC1. The molecule has 1 rings (SSSR count). The molecule has 0 atom stereocenters. The standard InChI is InChI=1S/C9H18FN3O/c1-2-3-4-12-8(14)13-7-9(10)5-11-6-9/h11H,2-7H2,1H3,(H2,12,13,14). The fourth-order valence-corrected chi connectivity index (χ4v) is 1.20. The summed E-state index contributed by atoms with van der Waals surface area (Å²) in [5, 5.41) is 8.02. The van der Waals surface area contributed by atoms with E-state index in [1.165, 1.54) is 0 Å². The van der Waals surface area contributed by atoms with Crippen molar-refractivity contribution >= 4 is 6.03 Å². The number of unbranched alkanes of at least 4 members (excludes halogenated alkanes) is 1. The van der Waals surface area contributed by atoms with Crippen LogP contribution in [0.15, 0.2) is 0 Å². The molecule has 1 aliphatic rings. The van der Waals surface area contributed by atoms with E-state index < -0.39 is 5.67 Å². The molecule has 0 aromatic heterocycles. The van der Waals surface area contributed by atoms with Crippen LogP contribution in [0, 0.1) is 0 Å². The minimum absolute atomic E-state index is 0.0952. The third kappa shape index (κ3) is 3.49. The molecule has 0 unspecified atom stereocenters. The highest BCUT2D eigenvalue weighted by atomic mass is 19.1. The Kier molecular flexibility index (Phi) is 4.13. The quantitative estimate of drug-likeness (QED) is 0.566. The van der Waals surface area contributed by atoms with Gasteiger partial charge in [0.25, 0.3) is 0 Å². The van der Waals surface area contributed by atoms with Crippen molar-refractivity contribution in [1.82, 2.24) is 16.0 Å². The zero-order valence-electron chi connectivity index (χ0n) is 8.53. The number of amides is 2. The van der Waals surface area contributed by atoms with Crippen molar-refractivity contribution in [1.29, 1.82) is 0 Å². The van der Waals surface area contributed by atoms with Crippen LogP contribution < -0.4 is 16.0 Å². The van der Waals surface area contributed by atoms with Gasteiger partial charge in [-0.1, -0.05) is 13.3 Å². The molecule has 1 aliphatic heterocycles. The summed E-state index contributed by atoms with van der Waals surface area (Å²) in [6, 6.07) is -0.276. The van der Waals surface area contributed by atoms with Crippen LogP contribution in [0.1, 0.15) is 19.8 Å². The van der Waals surface area contributed by atoms with Gasteiger partial charge in [-0.15, -0.1) is 0 Å². The third-order valence-corrected chi connectivity index (χ3v) is 2.27. The summed E-state index contributed by atoms with van der Waals surface area (Å²) in [7, 11) is 0.